The number of hydrogen-bond acceptors (Lipinski definition) is 4. The molecule has 2 atom stereocenters. The van der Waals surface area contributed by atoms with Crippen LogP contribution >= 0.6 is 0 Å². The minimum absolute atomic E-state index is 0.0231. The highest BCUT2D eigenvalue weighted by atomic mass is 16.5. The summed E-state index contributed by atoms with van der Waals surface area (Å²) in [5.41, 5.74) is 2.02. The van der Waals surface area contributed by atoms with Gasteiger partial charge in [0.05, 0.1) is 23.3 Å². The third kappa shape index (κ3) is 2.72. The number of aromatic nitrogens is 1. The van der Waals surface area contributed by atoms with Crippen LogP contribution in [0.25, 0.3) is 0 Å². The molecule has 2 amide bonds. The van der Waals surface area contributed by atoms with Gasteiger partial charge in [-0.2, -0.15) is 0 Å². The minimum Gasteiger partial charge on any atom is -0.381 e. The molecule has 0 spiro atoms. The summed E-state index contributed by atoms with van der Waals surface area (Å²) in [7, 11) is 1.67. The number of carbonyl (C=O) groups is 2. The van der Waals surface area contributed by atoms with Crippen molar-refractivity contribution in [2.24, 2.45) is 11.3 Å². The van der Waals surface area contributed by atoms with Crippen molar-refractivity contribution in [1.82, 2.24) is 15.2 Å². The number of fused-ring (bicyclic) bond motifs is 1. The van der Waals surface area contributed by atoms with Crippen LogP contribution < -0.4 is 5.32 Å². The van der Waals surface area contributed by atoms with Crippen molar-refractivity contribution in [3.63, 3.8) is 0 Å². The summed E-state index contributed by atoms with van der Waals surface area (Å²) in [6, 6.07) is 3.89. The van der Waals surface area contributed by atoms with Gasteiger partial charge in [0.2, 0.25) is 5.91 Å². The van der Waals surface area contributed by atoms with Crippen LogP contribution in [0, 0.1) is 18.3 Å². The number of likely N-dealkylation sites (tertiary alicyclic amines) is 1. The second kappa shape index (κ2) is 6.09. The lowest BCUT2D eigenvalue weighted by Crippen LogP contribution is -2.49. The first-order valence-corrected chi connectivity index (χ1v) is 9.12. The highest BCUT2D eigenvalue weighted by molar-refractivity contribution is 5.96. The van der Waals surface area contributed by atoms with E-state index in [1.54, 1.807) is 7.05 Å². The molecular formula is C19H25N3O3. The van der Waals surface area contributed by atoms with E-state index in [9.17, 15) is 9.59 Å². The molecule has 1 saturated carbocycles. The number of carbonyl (C=O) groups excluding carboxylic acids is 2. The number of ether oxygens (including phenoxy) is 1. The molecule has 1 aliphatic carbocycles. The molecule has 2 aliphatic heterocycles. The Labute approximate surface area is 147 Å². The Kier molecular flexibility index (Phi) is 4.02. The molecule has 25 heavy (non-hydrogen) atoms. The normalized spacial score (nSPS) is 28.6. The van der Waals surface area contributed by atoms with Gasteiger partial charge in [0.25, 0.3) is 5.91 Å². The minimum atomic E-state index is -0.516. The van der Waals surface area contributed by atoms with Crippen LogP contribution in [0.3, 0.4) is 0 Å². The lowest BCUT2D eigenvalue weighted by atomic mass is 9.73. The molecule has 3 fully saturated rings. The fourth-order valence-corrected chi connectivity index (χ4v) is 4.31. The topological polar surface area (TPSA) is 71.5 Å². The van der Waals surface area contributed by atoms with Gasteiger partial charge in [0.15, 0.2) is 0 Å². The SMILES string of the molecule is CNC(=O)[C@]12CCOC[C@H]1CN(C(=O)c1ccc(C3CC3)nc1C)C2. The maximum atomic E-state index is 13.1. The highest BCUT2D eigenvalue weighted by Crippen LogP contribution is 2.43. The molecule has 1 aromatic heterocycles. The largest absolute Gasteiger partial charge is 0.381 e. The molecule has 6 nitrogen and oxygen atoms in total. The molecule has 1 aromatic rings. The summed E-state index contributed by atoms with van der Waals surface area (Å²) in [6.45, 7) is 4.04. The molecule has 0 bridgehead atoms. The summed E-state index contributed by atoms with van der Waals surface area (Å²) in [4.78, 5) is 32.1. The van der Waals surface area contributed by atoms with Crippen LogP contribution in [0.2, 0.25) is 0 Å². The fourth-order valence-electron chi connectivity index (χ4n) is 4.31. The first-order valence-electron chi connectivity index (χ1n) is 9.12. The Balaban J connectivity index is 1.58. The van der Waals surface area contributed by atoms with Gasteiger partial charge in [-0.3, -0.25) is 14.6 Å². The Morgan fingerprint density at radius 1 is 1.36 bits per heavy atom. The van der Waals surface area contributed by atoms with E-state index in [1.807, 2.05) is 24.0 Å². The molecule has 4 rings (SSSR count). The van der Waals surface area contributed by atoms with E-state index in [1.165, 1.54) is 12.8 Å². The fraction of sp³-hybridized carbons (Fsp3) is 0.632. The Hall–Kier alpha value is -1.95. The first kappa shape index (κ1) is 16.5. The average Bonchev–Trinajstić information content (AvgIpc) is 3.39. The zero-order valence-corrected chi connectivity index (χ0v) is 14.9. The summed E-state index contributed by atoms with van der Waals surface area (Å²) in [6.07, 6.45) is 3.06. The van der Waals surface area contributed by atoms with E-state index in [-0.39, 0.29) is 17.7 Å². The van der Waals surface area contributed by atoms with Crippen LogP contribution in [0.15, 0.2) is 12.1 Å². The van der Waals surface area contributed by atoms with Gasteiger partial charge in [-0.05, 0) is 38.3 Å². The van der Waals surface area contributed by atoms with Crippen LogP contribution in [0.5, 0.6) is 0 Å². The molecule has 6 heteroatoms. The predicted molar refractivity (Wildman–Crippen MR) is 92.3 cm³/mol. The van der Waals surface area contributed by atoms with E-state index in [0.717, 1.165) is 11.4 Å². The maximum absolute atomic E-state index is 13.1. The van der Waals surface area contributed by atoms with Crippen molar-refractivity contribution in [2.75, 3.05) is 33.4 Å². The van der Waals surface area contributed by atoms with Gasteiger partial charge < -0.3 is 15.0 Å². The third-order valence-corrected chi connectivity index (χ3v) is 6.01. The summed E-state index contributed by atoms with van der Waals surface area (Å²) < 4.78 is 5.58. The Bertz CT molecular complexity index is 716. The van der Waals surface area contributed by atoms with Crippen molar-refractivity contribution in [2.45, 2.75) is 32.1 Å². The molecule has 0 aromatic carbocycles. The number of nitrogens with zero attached hydrogens (tertiary/aromatic N) is 2. The van der Waals surface area contributed by atoms with E-state index in [2.05, 4.69) is 10.3 Å². The number of pyridine rings is 1. The zero-order chi connectivity index (χ0) is 17.6. The first-order chi connectivity index (χ1) is 12.0. The van der Waals surface area contributed by atoms with Crippen LogP contribution in [-0.4, -0.2) is 55.0 Å². The number of amides is 2. The van der Waals surface area contributed by atoms with Gasteiger partial charge in [0, 0.05) is 44.3 Å². The van der Waals surface area contributed by atoms with E-state index >= 15 is 0 Å². The monoisotopic (exact) mass is 343 g/mol. The molecule has 1 N–H and O–H groups in total. The third-order valence-electron chi connectivity index (χ3n) is 6.01. The predicted octanol–water partition coefficient (Wildman–Crippen LogP) is 1.49. The second-order valence-electron chi connectivity index (χ2n) is 7.59. The number of rotatable bonds is 3. The van der Waals surface area contributed by atoms with Crippen molar-refractivity contribution >= 4 is 11.8 Å². The highest BCUT2D eigenvalue weighted by Gasteiger charge is 2.54. The lowest BCUT2D eigenvalue weighted by molar-refractivity contribution is -0.138. The van der Waals surface area contributed by atoms with Crippen LogP contribution in [0.1, 0.15) is 46.9 Å². The number of aryl methyl sites for hydroxylation is 1. The molecule has 3 aliphatic rings. The summed E-state index contributed by atoms with van der Waals surface area (Å²) in [5, 5.41) is 2.79. The second-order valence-corrected chi connectivity index (χ2v) is 7.59. The van der Waals surface area contributed by atoms with Crippen LogP contribution in [-0.2, 0) is 9.53 Å². The quantitative estimate of drug-likeness (QED) is 0.903. The van der Waals surface area contributed by atoms with Crippen molar-refractivity contribution in [1.29, 1.82) is 0 Å². The van der Waals surface area contributed by atoms with Gasteiger partial charge in [-0.25, -0.2) is 0 Å². The van der Waals surface area contributed by atoms with Gasteiger partial charge in [-0.15, -0.1) is 0 Å². The van der Waals surface area contributed by atoms with Crippen LogP contribution in [0.4, 0.5) is 0 Å². The summed E-state index contributed by atoms with van der Waals surface area (Å²) in [5.74, 6) is 0.635. The van der Waals surface area contributed by atoms with Crippen molar-refractivity contribution in [3.8, 4) is 0 Å². The molecular weight excluding hydrogens is 318 g/mol. The maximum Gasteiger partial charge on any atom is 0.255 e. The number of hydrogen-bond donors (Lipinski definition) is 1. The smallest absolute Gasteiger partial charge is 0.255 e. The van der Waals surface area contributed by atoms with Gasteiger partial charge in [0.1, 0.15) is 0 Å². The van der Waals surface area contributed by atoms with Crippen molar-refractivity contribution < 1.29 is 14.3 Å². The Morgan fingerprint density at radius 2 is 2.16 bits per heavy atom. The zero-order valence-electron chi connectivity index (χ0n) is 14.9. The van der Waals surface area contributed by atoms with E-state index in [4.69, 9.17) is 4.74 Å². The molecule has 134 valence electrons. The lowest BCUT2D eigenvalue weighted by Gasteiger charge is -2.36. The standard InChI is InChI=1S/C19H25N3O3/c1-12-15(5-6-16(21-12)13-3-4-13)17(23)22-9-14-10-25-8-7-19(14,11-22)18(24)20-2/h5-6,13-14H,3-4,7-11H2,1-2H3,(H,20,24)/t14-,19+/m1/s1. The molecule has 3 heterocycles. The average molecular weight is 343 g/mol. The molecule has 0 unspecified atom stereocenters. The molecule has 0 radical (unpaired) electrons. The van der Waals surface area contributed by atoms with Gasteiger partial charge >= 0.3 is 0 Å². The summed E-state index contributed by atoms with van der Waals surface area (Å²) >= 11 is 0. The van der Waals surface area contributed by atoms with E-state index < -0.39 is 5.41 Å². The van der Waals surface area contributed by atoms with Crippen molar-refractivity contribution in [3.05, 3.63) is 29.1 Å². The molecule has 2 saturated heterocycles. The number of nitrogens with one attached hydrogen (secondary N) is 1. The van der Waals surface area contributed by atoms with E-state index in [0.29, 0.717) is 44.2 Å². The van der Waals surface area contributed by atoms with Gasteiger partial charge in [-0.1, -0.05) is 0 Å². The Morgan fingerprint density at radius 3 is 2.84 bits per heavy atom.